The lowest BCUT2D eigenvalue weighted by molar-refractivity contribution is -0.149. The lowest BCUT2D eigenvalue weighted by Gasteiger charge is -2.34. The molecule has 0 bridgehead atoms. The van der Waals surface area contributed by atoms with E-state index >= 15 is 0 Å². The van der Waals surface area contributed by atoms with E-state index in [2.05, 4.69) is 15.2 Å². The SMILES string of the molecule is CCOC(=O)C1CCCN(C(=NC)NCCc2cccc(C(=O)N(C)C)c2)C1.I. The number of hydrogen-bond acceptors (Lipinski definition) is 4. The van der Waals surface area contributed by atoms with Crippen LogP contribution in [0.2, 0.25) is 0 Å². The lowest BCUT2D eigenvalue weighted by atomic mass is 9.98. The van der Waals surface area contributed by atoms with Crippen LogP contribution in [0, 0.1) is 5.92 Å². The molecular weight excluding hydrogens is 483 g/mol. The minimum absolute atomic E-state index is 0. The van der Waals surface area contributed by atoms with Crippen molar-refractivity contribution in [2.75, 3.05) is 47.4 Å². The summed E-state index contributed by atoms with van der Waals surface area (Å²) >= 11 is 0. The number of carbonyl (C=O) groups is 2. The Balaban J connectivity index is 0.00000420. The van der Waals surface area contributed by atoms with E-state index in [0.717, 1.165) is 37.3 Å². The molecule has 29 heavy (non-hydrogen) atoms. The number of guanidine groups is 1. The number of esters is 1. The van der Waals surface area contributed by atoms with Crippen LogP contribution in [-0.4, -0.2) is 75.0 Å². The summed E-state index contributed by atoms with van der Waals surface area (Å²) in [6.45, 7) is 4.46. The fraction of sp³-hybridized carbons (Fsp3) is 0.571. The van der Waals surface area contributed by atoms with Crippen LogP contribution in [0.4, 0.5) is 0 Å². The van der Waals surface area contributed by atoms with Crippen LogP contribution in [0.1, 0.15) is 35.7 Å². The molecule has 1 atom stereocenters. The molecule has 1 aromatic rings. The summed E-state index contributed by atoms with van der Waals surface area (Å²) in [6, 6.07) is 7.70. The first-order valence-electron chi connectivity index (χ1n) is 9.89. The van der Waals surface area contributed by atoms with E-state index in [9.17, 15) is 9.59 Å². The van der Waals surface area contributed by atoms with E-state index in [0.29, 0.717) is 25.3 Å². The first-order chi connectivity index (χ1) is 13.5. The Morgan fingerprint density at radius 1 is 1.34 bits per heavy atom. The number of benzene rings is 1. The lowest BCUT2D eigenvalue weighted by Crippen LogP contribution is -2.48. The van der Waals surface area contributed by atoms with Gasteiger partial charge in [0.15, 0.2) is 5.96 Å². The zero-order chi connectivity index (χ0) is 20.5. The molecule has 1 aromatic carbocycles. The summed E-state index contributed by atoms with van der Waals surface area (Å²) in [6.07, 6.45) is 2.58. The van der Waals surface area contributed by atoms with Crippen molar-refractivity contribution >= 4 is 41.8 Å². The Bertz CT molecular complexity index is 709. The topological polar surface area (TPSA) is 74.2 Å². The van der Waals surface area contributed by atoms with Gasteiger partial charge in [-0.25, -0.2) is 0 Å². The largest absolute Gasteiger partial charge is 0.466 e. The fourth-order valence-electron chi connectivity index (χ4n) is 3.39. The van der Waals surface area contributed by atoms with Gasteiger partial charge in [-0.3, -0.25) is 14.6 Å². The number of ether oxygens (including phenoxy) is 1. The van der Waals surface area contributed by atoms with Gasteiger partial charge >= 0.3 is 5.97 Å². The molecule has 1 heterocycles. The highest BCUT2D eigenvalue weighted by molar-refractivity contribution is 14.0. The highest BCUT2D eigenvalue weighted by Crippen LogP contribution is 2.18. The van der Waals surface area contributed by atoms with Gasteiger partial charge in [0.2, 0.25) is 0 Å². The van der Waals surface area contributed by atoms with Crippen LogP contribution in [-0.2, 0) is 16.0 Å². The summed E-state index contributed by atoms with van der Waals surface area (Å²) in [5.41, 5.74) is 1.79. The van der Waals surface area contributed by atoms with E-state index in [1.165, 1.54) is 0 Å². The van der Waals surface area contributed by atoms with Gasteiger partial charge in [-0.2, -0.15) is 0 Å². The van der Waals surface area contributed by atoms with Crippen LogP contribution >= 0.6 is 24.0 Å². The van der Waals surface area contributed by atoms with E-state index in [1.54, 1.807) is 26.0 Å². The van der Waals surface area contributed by atoms with Gasteiger partial charge in [-0.05, 0) is 43.9 Å². The number of amides is 1. The second kappa shape index (κ2) is 12.7. The Morgan fingerprint density at radius 3 is 2.76 bits per heavy atom. The molecule has 8 heteroatoms. The summed E-state index contributed by atoms with van der Waals surface area (Å²) in [5.74, 6) is 0.587. The Hall–Kier alpha value is -1.84. The van der Waals surface area contributed by atoms with Gasteiger partial charge in [-0.15, -0.1) is 24.0 Å². The van der Waals surface area contributed by atoms with Crippen LogP contribution in [0.3, 0.4) is 0 Å². The Labute approximate surface area is 190 Å². The number of likely N-dealkylation sites (tertiary alicyclic amines) is 1. The predicted molar refractivity (Wildman–Crippen MR) is 126 cm³/mol. The van der Waals surface area contributed by atoms with Gasteiger partial charge in [0, 0.05) is 46.3 Å². The van der Waals surface area contributed by atoms with E-state index in [4.69, 9.17) is 4.74 Å². The number of aliphatic imine (C=N–C) groups is 1. The summed E-state index contributed by atoms with van der Waals surface area (Å²) in [5, 5.41) is 3.38. The maximum Gasteiger partial charge on any atom is 0.310 e. The van der Waals surface area contributed by atoms with Crippen molar-refractivity contribution in [3.63, 3.8) is 0 Å². The van der Waals surface area contributed by atoms with Crippen LogP contribution in [0.25, 0.3) is 0 Å². The molecule has 0 spiro atoms. The van der Waals surface area contributed by atoms with Crippen molar-refractivity contribution in [1.82, 2.24) is 15.1 Å². The van der Waals surface area contributed by atoms with Crippen LogP contribution in [0.5, 0.6) is 0 Å². The average Bonchev–Trinajstić information content (AvgIpc) is 2.71. The number of nitrogens with one attached hydrogen (secondary N) is 1. The molecule has 162 valence electrons. The maximum absolute atomic E-state index is 12.1. The molecular formula is C21H33IN4O3. The quantitative estimate of drug-likeness (QED) is 0.272. The van der Waals surface area contributed by atoms with E-state index < -0.39 is 0 Å². The normalized spacial score (nSPS) is 16.6. The average molecular weight is 516 g/mol. The molecule has 1 fully saturated rings. The number of piperidine rings is 1. The van der Waals surface area contributed by atoms with Gasteiger partial charge in [0.25, 0.3) is 5.91 Å². The van der Waals surface area contributed by atoms with Crippen molar-refractivity contribution in [3.8, 4) is 0 Å². The molecule has 0 aromatic heterocycles. The summed E-state index contributed by atoms with van der Waals surface area (Å²) in [7, 11) is 5.26. The minimum Gasteiger partial charge on any atom is -0.466 e. The minimum atomic E-state index is -0.120. The molecule has 0 saturated carbocycles. The zero-order valence-electron chi connectivity index (χ0n) is 17.8. The van der Waals surface area contributed by atoms with Crippen LogP contribution < -0.4 is 5.32 Å². The van der Waals surface area contributed by atoms with Gasteiger partial charge < -0.3 is 19.9 Å². The number of nitrogens with zero attached hydrogens (tertiary/aromatic N) is 3. The van der Waals surface area contributed by atoms with Gasteiger partial charge in [0.1, 0.15) is 0 Å². The summed E-state index contributed by atoms with van der Waals surface area (Å²) < 4.78 is 5.17. The van der Waals surface area contributed by atoms with Crippen molar-refractivity contribution in [1.29, 1.82) is 0 Å². The van der Waals surface area contributed by atoms with Crippen molar-refractivity contribution < 1.29 is 14.3 Å². The molecule has 1 aliphatic rings. The molecule has 1 N–H and O–H groups in total. The molecule has 1 amide bonds. The Morgan fingerprint density at radius 2 is 2.10 bits per heavy atom. The van der Waals surface area contributed by atoms with Crippen molar-refractivity contribution in [2.45, 2.75) is 26.2 Å². The second-order valence-electron chi connectivity index (χ2n) is 7.16. The third-order valence-corrected chi connectivity index (χ3v) is 4.83. The first kappa shape index (κ1) is 25.2. The molecule has 0 aliphatic carbocycles. The number of hydrogen-bond donors (Lipinski definition) is 1. The highest BCUT2D eigenvalue weighted by atomic mass is 127. The smallest absolute Gasteiger partial charge is 0.310 e. The molecule has 1 unspecified atom stereocenters. The summed E-state index contributed by atoms with van der Waals surface area (Å²) in [4.78, 5) is 32.2. The Kier molecular flexibility index (Phi) is 11.0. The molecule has 1 saturated heterocycles. The van der Waals surface area contributed by atoms with Crippen molar-refractivity contribution in [2.24, 2.45) is 10.9 Å². The van der Waals surface area contributed by atoms with Crippen LogP contribution in [0.15, 0.2) is 29.3 Å². The zero-order valence-corrected chi connectivity index (χ0v) is 20.1. The maximum atomic E-state index is 12.1. The fourth-order valence-corrected chi connectivity index (χ4v) is 3.39. The molecule has 0 radical (unpaired) electrons. The van der Waals surface area contributed by atoms with E-state index in [-0.39, 0.29) is 41.8 Å². The first-order valence-corrected chi connectivity index (χ1v) is 9.89. The second-order valence-corrected chi connectivity index (χ2v) is 7.16. The predicted octanol–water partition coefficient (Wildman–Crippen LogP) is 2.40. The molecule has 2 rings (SSSR count). The van der Waals surface area contributed by atoms with E-state index in [1.807, 2.05) is 31.2 Å². The molecule has 7 nitrogen and oxygen atoms in total. The molecule has 1 aliphatic heterocycles. The third-order valence-electron chi connectivity index (χ3n) is 4.83. The highest BCUT2D eigenvalue weighted by Gasteiger charge is 2.28. The van der Waals surface area contributed by atoms with Gasteiger partial charge in [0.05, 0.1) is 12.5 Å². The number of carbonyl (C=O) groups excluding carboxylic acids is 2. The van der Waals surface area contributed by atoms with Crippen molar-refractivity contribution in [3.05, 3.63) is 35.4 Å². The third kappa shape index (κ3) is 7.49. The monoisotopic (exact) mass is 516 g/mol. The standard InChI is InChI=1S/C21H32N4O3.HI/c1-5-28-20(27)18-10-7-13-25(15-18)21(22-2)23-12-11-16-8-6-9-17(14-16)19(26)24(3)4;/h6,8-9,14,18H,5,7,10-13,15H2,1-4H3,(H,22,23);1H. The van der Waals surface area contributed by atoms with Gasteiger partial charge in [-0.1, -0.05) is 12.1 Å². The number of rotatable bonds is 6. The number of halogens is 1.